The Balaban J connectivity index is 3.02. The first-order valence-electron chi connectivity index (χ1n) is 5.86. The van der Waals surface area contributed by atoms with Gasteiger partial charge in [-0.3, -0.25) is 0 Å². The Morgan fingerprint density at radius 3 is 2.59 bits per heavy atom. The zero-order valence-electron chi connectivity index (χ0n) is 11.3. The summed E-state index contributed by atoms with van der Waals surface area (Å²) in [5.41, 5.74) is 0.267. The molecule has 96 valence electrons. The van der Waals surface area contributed by atoms with E-state index < -0.39 is 5.60 Å². The minimum atomic E-state index is -0.743. The molecule has 17 heavy (non-hydrogen) atoms. The second-order valence-corrected chi connectivity index (χ2v) is 4.78. The SMILES string of the molecule is CCN(CC(C)(C)O)c1nc(NC)ncc1C. The van der Waals surface area contributed by atoms with Crippen molar-refractivity contribution in [2.24, 2.45) is 0 Å². The Morgan fingerprint density at radius 1 is 1.47 bits per heavy atom. The average molecular weight is 238 g/mol. The van der Waals surface area contributed by atoms with Crippen LogP contribution in [0.4, 0.5) is 11.8 Å². The number of hydrogen-bond acceptors (Lipinski definition) is 5. The lowest BCUT2D eigenvalue weighted by molar-refractivity contribution is 0.0874. The lowest BCUT2D eigenvalue weighted by Gasteiger charge is -2.30. The van der Waals surface area contributed by atoms with Gasteiger partial charge in [0.15, 0.2) is 0 Å². The highest BCUT2D eigenvalue weighted by Gasteiger charge is 2.20. The summed E-state index contributed by atoms with van der Waals surface area (Å²) < 4.78 is 0. The first kappa shape index (κ1) is 13.7. The minimum Gasteiger partial charge on any atom is -0.389 e. The molecule has 0 amide bonds. The molecule has 2 N–H and O–H groups in total. The third kappa shape index (κ3) is 3.85. The number of rotatable bonds is 5. The summed E-state index contributed by atoms with van der Waals surface area (Å²) in [6.07, 6.45) is 1.79. The van der Waals surface area contributed by atoms with E-state index in [-0.39, 0.29) is 0 Å². The topological polar surface area (TPSA) is 61.3 Å². The van der Waals surface area contributed by atoms with Crippen molar-refractivity contribution in [3.05, 3.63) is 11.8 Å². The molecule has 0 spiro atoms. The molecule has 0 aliphatic carbocycles. The predicted molar refractivity (Wildman–Crippen MR) is 70.5 cm³/mol. The molecule has 1 rings (SSSR count). The molecular formula is C12H22N4O. The third-order valence-corrected chi connectivity index (χ3v) is 2.43. The summed E-state index contributed by atoms with van der Waals surface area (Å²) in [5.74, 6) is 1.47. The molecule has 0 aromatic carbocycles. The summed E-state index contributed by atoms with van der Waals surface area (Å²) in [6.45, 7) is 8.96. The Hall–Kier alpha value is -1.36. The van der Waals surface area contributed by atoms with Gasteiger partial charge in [0.05, 0.1) is 5.60 Å². The molecular weight excluding hydrogens is 216 g/mol. The predicted octanol–water partition coefficient (Wildman–Crippen LogP) is 1.42. The summed E-state index contributed by atoms with van der Waals surface area (Å²) in [6, 6.07) is 0. The van der Waals surface area contributed by atoms with Crippen LogP contribution in [0, 0.1) is 6.92 Å². The van der Waals surface area contributed by atoms with Gasteiger partial charge in [0.2, 0.25) is 5.95 Å². The standard InChI is InChI=1S/C12H22N4O/c1-6-16(8-12(3,4)17)10-9(2)7-14-11(13-5)15-10/h7,17H,6,8H2,1-5H3,(H,13,14,15). The second-order valence-electron chi connectivity index (χ2n) is 4.78. The van der Waals surface area contributed by atoms with Crippen LogP contribution in [0.2, 0.25) is 0 Å². The van der Waals surface area contributed by atoms with Crippen LogP contribution in [0.1, 0.15) is 26.3 Å². The molecule has 1 aromatic rings. The fourth-order valence-corrected chi connectivity index (χ4v) is 1.68. The molecule has 5 nitrogen and oxygen atoms in total. The van der Waals surface area contributed by atoms with Crippen molar-refractivity contribution in [3.63, 3.8) is 0 Å². The van der Waals surface area contributed by atoms with Crippen LogP contribution in [-0.2, 0) is 0 Å². The van der Waals surface area contributed by atoms with Gasteiger partial charge in [-0.1, -0.05) is 0 Å². The van der Waals surface area contributed by atoms with Crippen LogP contribution >= 0.6 is 0 Å². The maximum atomic E-state index is 9.90. The van der Waals surface area contributed by atoms with E-state index in [0.717, 1.165) is 17.9 Å². The number of aryl methyl sites for hydroxylation is 1. The van der Waals surface area contributed by atoms with Crippen molar-refractivity contribution >= 4 is 11.8 Å². The molecule has 0 fully saturated rings. The van der Waals surface area contributed by atoms with Gasteiger partial charge in [0, 0.05) is 31.9 Å². The molecule has 0 bridgehead atoms. The monoisotopic (exact) mass is 238 g/mol. The van der Waals surface area contributed by atoms with Crippen LogP contribution in [0.25, 0.3) is 0 Å². The molecule has 0 radical (unpaired) electrons. The van der Waals surface area contributed by atoms with Crippen molar-refractivity contribution in [2.75, 3.05) is 30.4 Å². The molecule has 0 atom stereocenters. The largest absolute Gasteiger partial charge is 0.389 e. The van der Waals surface area contributed by atoms with Crippen LogP contribution in [-0.4, -0.2) is 40.8 Å². The average Bonchev–Trinajstić information content (AvgIpc) is 2.25. The second kappa shape index (κ2) is 5.31. The summed E-state index contributed by atoms with van der Waals surface area (Å²) in [5, 5.41) is 12.8. The number of hydrogen-bond donors (Lipinski definition) is 2. The van der Waals surface area contributed by atoms with Crippen LogP contribution in [0.5, 0.6) is 0 Å². The minimum absolute atomic E-state index is 0.546. The Bertz CT molecular complexity index is 373. The van der Waals surface area contributed by atoms with Gasteiger partial charge in [-0.25, -0.2) is 4.98 Å². The third-order valence-electron chi connectivity index (χ3n) is 2.43. The molecule has 1 heterocycles. The van der Waals surface area contributed by atoms with Crippen LogP contribution < -0.4 is 10.2 Å². The number of nitrogens with one attached hydrogen (secondary N) is 1. The lowest BCUT2D eigenvalue weighted by Crippen LogP contribution is -2.39. The fraction of sp³-hybridized carbons (Fsp3) is 0.667. The van der Waals surface area contributed by atoms with Crippen molar-refractivity contribution in [3.8, 4) is 0 Å². The summed E-state index contributed by atoms with van der Waals surface area (Å²) in [4.78, 5) is 10.7. The van der Waals surface area contributed by atoms with Crippen molar-refractivity contribution in [1.82, 2.24) is 9.97 Å². The molecule has 0 unspecified atom stereocenters. The van der Waals surface area contributed by atoms with Gasteiger partial charge in [0.1, 0.15) is 5.82 Å². The van der Waals surface area contributed by atoms with E-state index in [9.17, 15) is 5.11 Å². The van der Waals surface area contributed by atoms with Crippen LogP contribution in [0.3, 0.4) is 0 Å². The smallest absolute Gasteiger partial charge is 0.224 e. The van der Waals surface area contributed by atoms with E-state index in [1.807, 2.05) is 13.8 Å². The Labute approximate surface area is 103 Å². The van der Waals surface area contributed by atoms with E-state index in [4.69, 9.17) is 0 Å². The first-order chi connectivity index (χ1) is 7.87. The molecule has 5 heteroatoms. The van der Waals surface area contributed by atoms with Crippen LogP contribution in [0.15, 0.2) is 6.20 Å². The molecule has 0 saturated heterocycles. The highest BCUT2D eigenvalue weighted by molar-refractivity contribution is 5.49. The molecule has 0 saturated carbocycles. The Morgan fingerprint density at radius 2 is 2.12 bits per heavy atom. The van der Waals surface area contributed by atoms with Crippen molar-refractivity contribution in [1.29, 1.82) is 0 Å². The van der Waals surface area contributed by atoms with Gasteiger partial charge in [-0.2, -0.15) is 4.98 Å². The maximum absolute atomic E-state index is 9.90. The highest BCUT2D eigenvalue weighted by Crippen LogP contribution is 2.19. The fourth-order valence-electron chi connectivity index (χ4n) is 1.68. The first-order valence-corrected chi connectivity index (χ1v) is 5.86. The number of nitrogens with zero attached hydrogens (tertiary/aromatic N) is 3. The quantitative estimate of drug-likeness (QED) is 0.812. The van der Waals surface area contributed by atoms with E-state index >= 15 is 0 Å². The van der Waals surface area contributed by atoms with Crippen molar-refractivity contribution < 1.29 is 5.11 Å². The number of aromatic nitrogens is 2. The van der Waals surface area contributed by atoms with Gasteiger partial charge >= 0.3 is 0 Å². The zero-order valence-corrected chi connectivity index (χ0v) is 11.3. The van der Waals surface area contributed by atoms with E-state index in [2.05, 4.69) is 20.2 Å². The maximum Gasteiger partial charge on any atom is 0.224 e. The van der Waals surface area contributed by atoms with E-state index in [0.29, 0.717) is 12.5 Å². The molecule has 1 aromatic heterocycles. The van der Waals surface area contributed by atoms with Gasteiger partial charge in [-0.15, -0.1) is 0 Å². The zero-order chi connectivity index (χ0) is 13.1. The van der Waals surface area contributed by atoms with Crippen molar-refractivity contribution in [2.45, 2.75) is 33.3 Å². The molecule has 0 aliphatic rings. The summed E-state index contributed by atoms with van der Waals surface area (Å²) >= 11 is 0. The number of aliphatic hydroxyl groups is 1. The van der Waals surface area contributed by atoms with Gasteiger partial charge < -0.3 is 15.3 Å². The number of likely N-dealkylation sites (N-methyl/N-ethyl adjacent to an activating group) is 1. The van der Waals surface area contributed by atoms with Gasteiger partial charge in [0.25, 0.3) is 0 Å². The summed E-state index contributed by atoms with van der Waals surface area (Å²) in [7, 11) is 1.79. The highest BCUT2D eigenvalue weighted by atomic mass is 16.3. The Kier molecular flexibility index (Phi) is 4.28. The normalized spacial score (nSPS) is 11.4. The van der Waals surface area contributed by atoms with Gasteiger partial charge in [-0.05, 0) is 27.7 Å². The van der Waals surface area contributed by atoms with E-state index in [1.54, 1.807) is 27.1 Å². The lowest BCUT2D eigenvalue weighted by atomic mass is 10.1. The van der Waals surface area contributed by atoms with E-state index in [1.165, 1.54) is 0 Å². The number of anilines is 2. The molecule has 0 aliphatic heterocycles.